The summed E-state index contributed by atoms with van der Waals surface area (Å²) in [5, 5.41) is 8.62. The van der Waals surface area contributed by atoms with Crippen molar-refractivity contribution in [1.82, 2.24) is 24.5 Å². The van der Waals surface area contributed by atoms with Crippen molar-refractivity contribution in [2.24, 2.45) is 0 Å². The van der Waals surface area contributed by atoms with Crippen molar-refractivity contribution in [3.8, 4) is 0 Å². The SMILES string of the molecule is Cc1cn2c(CC(=O)N(C)Cc3cn[nH]c3)csc2n1. The van der Waals surface area contributed by atoms with E-state index < -0.39 is 0 Å². The normalized spacial score (nSPS) is 11.1. The van der Waals surface area contributed by atoms with Crippen LogP contribution in [0, 0.1) is 6.92 Å². The number of nitrogens with one attached hydrogen (secondary N) is 1. The van der Waals surface area contributed by atoms with Gasteiger partial charge in [-0.05, 0) is 6.92 Å². The van der Waals surface area contributed by atoms with Crippen LogP contribution in [0.15, 0.2) is 24.0 Å². The zero-order valence-electron chi connectivity index (χ0n) is 11.3. The summed E-state index contributed by atoms with van der Waals surface area (Å²) < 4.78 is 1.99. The Balaban J connectivity index is 1.71. The first-order valence-electron chi connectivity index (χ1n) is 6.27. The van der Waals surface area contributed by atoms with Gasteiger partial charge < -0.3 is 4.90 Å². The number of rotatable bonds is 4. The van der Waals surface area contributed by atoms with Crippen LogP contribution in [0.2, 0.25) is 0 Å². The number of hydrogen-bond acceptors (Lipinski definition) is 4. The number of thiazole rings is 1. The second-order valence-corrected chi connectivity index (χ2v) is 5.63. The molecule has 3 aromatic heterocycles. The standard InChI is InChI=1S/C13H15N5OS/c1-9-6-18-11(8-20-13(18)16-9)3-12(19)17(2)7-10-4-14-15-5-10/h4-6,8H,3,7H2,1-2H3,(H,14,15). The van der Waals surface area contributed by atoms with Crippen LogP contribution in [0.3, 0.4) is 0 Å². The molecule has 0 fully saturated rings. The average Bonchev–Trinajstić information content (AvgIpc) is 3.09. The molecule has 0 spiro atoms. The van der Waals surface area contributed by atoms with Gasteiger partial charge in [0.2, 0.25) is 5.91 Å². The molecule has 0 atom stereocenters. The van der Waals surface area contributed by atoms with Crippen molar-refractivity contribution in [2.45, 2.75) is 19.9 Å². The molecule has 0 radical (unpaired) electrons. The van der Waals surface area contributed by atoms with Gasteiger partial charge in [0.25, 0.3) is 0 Å². The van der Waals surface area contributed by atoms with Crippen LogP contribution in [0.25, 0.3) is 4.96 Å². The van der Waals surface area contributed by atoms with E-state index >= 15 is 0 Å². The zero-order valence-corrected chi connectivity index (χ0v) is 12.1. The third kappa shape index (κ3) is 2.44. The summed E-state index contributed by atoms with van der Waals surface area (Å²) in [7, 11) is 1.80. The number of fused-ring (bicyclic) bond motifs is 1. The number of aryl methyl sites for hydroxylation is 1. The molecule has 104 valence electrons. The second-order valence-electron chi connectivity index (χ2n) is 4.80. The molecule has 6 nitrogen and oxygen atoms in total. The van der Waals surface area contributed by atoms with Gasteiger partial charge in [0.1, 0.15) is 0 Å². The highest BCUT2D eigenvalue weighted by molar-refractivity contribution is 7.15. The van der Waals surface area contributed by atoms with Gasteiger partial charge in [0, 0.05) is 42.6 Å². The molecule has 0 unspecified atom stereocenters. The second kappa shape index (κ2) is 5.09. The van der Waals surface area contributed by atoms with Crippen LogP contribution in [0.5, 0.6) is 0 Å². The first-order chi connectivity index (χ1) is 9.63. The minimum absolute atomic E-state index is 0.0808. The van der Waals surface area contributed by atoms with Gasteiger partial charge >= 0.3 is 0 Å². The molecule has 3 aromatic rings. The first kappa shape index (κ1) is 12.9. The van der Waals surface area contributed by atoms with E-state index in [-0.39, 0.29) is 5.91 Å². The van der Waals surface area contributed by atoms with Gasteiger partial charge in [-0.2, -0.15) is 5.10 Å². The van der Waals surface area contributed by atoms with Gasteiger partial charge in [-0.25, -0.2) is 4.98 Å². The van der Waals surface area contributed by atoms with Crippen LogP contribution in [0.1, 0.15) is 17.0 Å². The number of carbonyl (C=O) groups excluding carboxylic acids is 1. The van der Waals surface area contributed by atoms with E-state index in [1.807, 2.05) is 22.9 Å². The fourth-order valence-electron chi connectivity index (χ4n) is 2.08. The maximum Gasteiger partial charge on any atom is 0.228 e. The third-order valence-electron chi connectivity index (χ3n) is 3.14. The Morgan fingerprint density at radius 1 is 1.55 bits per heavy atom. The Bertz CT molecular complexity index is 727. The quantitative estimate of drug-likeness (QED) is 0.794. The molecule has 3 heterocycles. The molecule has 3 rings (SSSR count). The molecule has 0 aliphatic heterocycles. The Morgan fingerprint density at radius 3 is 3.15 bits per heavy atom. The van der Waals surface area contributed by atoms with E-state index in [1.54, 1.807) is 35.7 Å². The number of nitrogens with zero attached hydrogens (tertiary/aromatic N) is 4. The Morgan fingerprint density at radius 2 is 2.40 bits per heavy atom. The lowest BCUT2D eigenvalue weighted by molar-refractivity contribution is -0.129. The summed E-state index contributed by atoms with van der Waals surface area (Å²) in [6.45, 7) is 2.52. The summed E-state index contributed by atoms with van der Waals surface area (Å²) >= 11 is 1.56. The van der Waals surface area contributed by atoms with Crippen molar-refractivity contribution < 1.29 is 4.79 Å². The molecule has 20 heavy (non-hydrogen) atoms. The summed E-state index contributed by atoms with van der Waals surface area (Å²) in [5.74, 6) is 0.0808. The lowest BCUT2D eigenvalue weighted by Crippen LogP contribution is -2.27. The zero-order chi connectivity index (χ0) is 14.1. The molecule has 0 aliphatic rings. The molecular formula is C13H15N5OS. The first-order valence-corrected chi connectivity index (χ1v) is 7.15. The summed E-state index contributed by atoms with van der Waals surface area (Å²) in [5.41, 5.74) is 2.95. The number of imidazole rings is 1. The average molecular weight is 289 g/mol. The van der Waals surface area contributed by atoms with Crippen LogP contribution < -0.4 is 0 Å². The van der Waals surface area contributed by atoms with E-state index in [1.165, 1.54) is 0 Å². The molecular weight excluding hydrogens is 274 g/mol. The van der Waals surface area contributed by atoms with Gasteiger partial charge in [-0.1, -0.05) is 0 Å². The van der Waals surface area contributed by atoms with Crippen molar-refractivity contribution >= 4 is 22.2 Å². The maximum atomic E-state index is 12.3. The van der Waals surface area contributed by atoms with E-state index in [9.17, 15) is 4.79 Å². The molecule has 0 saturated carbocycles. The van der Waals surface area contributed by atoms with Crippen molar-refractivity contribution in [3.05, 3.63) is 40.9 Å². The lowest BCUT2D eigenvalue weighted by atomic mass is 10.2. The van der Waals surface area contributed by atoms with E-state index in [0.29, 0.717) is 13.0 Å². The van der Waals surface area contributed by atoms with Crippen LogP contribution in [-0.4, -0.2) is 37.4 Å². The number of amides is 1. The molecule has 0 bridgehead atoms. The highest BCUT2D eigenvalue weighted by atomic mass is 32.1. The number of hydrogen-bond donors (Lipinski definition) is 1. The molecule has 0 aromatic carbocycles. The fourth-order valence-corrected chi connectivity index (χ4v) is 3.00. The largest absolute Gasteiger partial charge is 0.341 e. The highest BCUT2D eigenvalue weighted by Crippen LogP contribution is 2.17. The molecule has 0 saturated heterocycles. The topological polar surface area (TPSA) is 66.3 Å². The molecule has 1 amide bonds. The van der Waals surface area contributed by atoms with Gasteiger partial charge in [-0.3, -0.25) is 14.3 Å². The summed E-state index contributed by atoms with van der Waals surface area (Å²) in [6.07, 6.45) is 5.87. The Kier molecular flexibility index (Phi) is 3.27. The number of carbonyl (C=O) groups is 1. The van der Waals surface area contributed by atoms with Gasteiger partial charge in [-0.15, -0.1) is 11.3 Å². The van der Waals surface area contributed by atoms with Crippen LogP contribution >= 0.6 is 11.3 Å². The number of aromatic nitrogens is 4. The number of H-pyrrole nitrogens is 1. The number of likely N-dealkylation sites (N-methyl/N-ethyl adjacent to an activating group) is 1. The summed E-state index contributed by atoms with van der Waals surface area (Å²) in [4.78, 5) is 19.3. The van der Waals surface area contributed by atoms with E-state index in [0.717, 1.165) is 21.9 Å². The van der Waals surface area contributed by atoms with Gasteiger partial charge in [0.05, 0.1) is 18.3 Å². The molecule has 1 N–H and O–H groups in total. The summed E-state index contributed by atoms with van der Waals surface area (Å²) in [6, 6.07) is 0. The van der Waals surface area contributed by atoms with Crippen molar-refractivity contribution in [1.29, 1.82) is 0 Å². The fraction of sp³-hybridized carbons (Fsp3) is 0.308. The van der Waals surface area contributed by atoms with Crippen LogP contribution in [0.4, 0.5) is 0 Å². The monoisotopic (exact) mass is 289 g/mol. The smallest absolute Gasteiger partial charge is 0.228 e. The third-order valence-corrected chi connectivity index (χ3v) is 4.03. The minimum atomic E-state index is 0.0808. The predicted molar refractivity (Wildman–Crippen MR) is 76.6 cm³/mol. The number of aromatic amines is 1. The Hall–Kier alpha value is -2.15. The van der Waals surface area contributed by atoms with Crippen LogP contribution in [-0.2, 0) is 17.8 Å². The lowest BCUT2D eigenvalue weighted by Gasteiger charge is -2.15. The minimum Gasteiger partial charge on any atom is -0.341 e. The molecule has 7 heteroatoms. The van der Waals surface area contributed by atoms with Crippen molar-refractivity contribution in [2.75, 3.05) is 7.05 Å². The predicted octanol–water partition coefficient (Wildman–Crippen LogP) is 1.63. The van der Waals surface area contributed by atoms with Crippen molar-refractivity contribution in [3.63, 3.8) is 0 Å². The van der Waals surface area contributed by atoms with Gasteiger partial charge in [0.15, 0.2) is 4.96 Å². The highest BCUT2D eigenvalue weighted by Gasteiger charge is 2.14. The maximum absolute atomic E-state index is 12.3. The molecule has 0 aliphatic carbocycles. The van der Waals surface area contributed by atoms with E-state index in [4.69, 9.17) is 0 Å². The Labute approximate surface area is 120 Å². The van der Waals surface area contributed by atoms with E-state index in [2.05, 4.69) is 15.2 Å².